The molecular formula is C18H26ClN3O5S. The first-order valence-corrected chi connectivity index (χ1v) is 11.5. The van der Waals surface area contributed by atoms with Crippen LogP contribution in [0.25, 0.3) is 6.08 Å². The van der Waals surface area contributed by atoms with Gasteiger partial charge in [0, 0.05) is 17.7 Å². The SMILES string of the molecule is CCC(CC)NC(=O)COC(=O)/C=C/c1c(C)nn([C@H]2CCS(=O)(=O)C2)c1Cl. The van der Waals surface area contributed by atoms with Crippen molar-refractivity contribution in [3.05, 3.63) is 22.5 Å². The summed E-state index contributed by atoms with van der Waals surface area (Å²) < 4.78 is 29.8. The van der Waals surface area contributed by atoms with Crippen LogP contribution in [0.2, 0.25) is 5.15 Å². The highest BCUT2D eigenvalue weighted by atomic mass is 35.5. The zero-order chi connectivity index (χ0) is 20.9. The van der Waals surface area contributed by atoms with E-state index in [0.29, 0.717) is 17.7 Å². The number of hydrogen-bond acceptors (Lipinski definition) is 6. The van der Waals surface area contributed by atoms with E-state index in [1.165, 1.54) is 16.8 Å². The van der Waals surface area contributed by atoms with Gasteiger partial charge >= 0.3 is 5.97 Å². The van der Waals surface area contributed by atoms with Gasteiger partial charge in [0.1, 0.15) is 5.15 Å². The summed E-state index contributed by atoms with van der Waals surface area (Å²) in [6.45, 7) is 5.30. The average Bonchev–Trinajstić information content (AvgIpc) is 3.14. The monoisotopic (exact) mass is 431 g/mol. The van der Waals surface area contributed by atoms with Crippen LogP contribution in [-0.2, 0) is 24.2 Å². The first-order chi connectivity index (χ1) is 13.2. The van der Waals surface area contributed by atoms with Gasteiger partial charge in [-0.05, 0) is 32.3 Å². The third kappa shape index (κ3) is 5.81. The normalized spacial score (nSPS) is 18.7. The van der Waals surface area contributed by atoms with Crippen LogP contribution in [0, 0.1) is 6.92 Å². The Morgan fingerprint density at radius 2 is 2.07 bits per heavy atom. The first-order valence-electron chi connectivity index (χ1n) is 9.26. The second kappa shape index (κ2) is 9.56. The van der Waals surface area contributed by atoms with Crippen molar-refractivity contribution in [1.82, 2.24) is 15.1 Å². The maximum atomic E-state index is 11.9. The lowest BCUT2D eigenvalue weighted by atomic mass is 10.2. The number of hydrogen-bond donors (Lipinski definition) is 1. The molecule has 8 nitrogen and oxygen atoms in total. The number of halogens is 1. The molecule has 1 fully saturated rings. The molecule has 0 bridgehead atoms. The highest BCUT2D eigenvalue weighted by molar-refractivity contribution is 7.91. The Kier molecular flexibility index (Phi) is 7.65. The molecule has 2 heterocycles. The molecule has 1 atom stereocenters. The second-order valence-electron chi connectivity index (χ2n) is 6.81. The molecule has 1 aromatic heterocycles. The van der Waals surface area contributed by atoms with Gasteiger partial charge in [0.25, 0.3) is 5.91 Å². The molecule has 1 saturated heterocycles. The number of aromatic nitrogens is 2. The average molecular weight is 432 g/mol. The van der Waals surface area contributed by atoms with Gasteiger partial charge in [0.15, 0.2) is 16.4 Å². The maximum Gasteiger partial charge on any atom is 0.331 e. The minimum absolute atomic E-state index is 0.00462. The molecule has 0 unspecified atom stereocenters. The van der Waals surface area contributed by atoms with E-state index in [-0.39, 0.29) is 41.3 Å². The first kappa shape index (κ1) is 22.4. The van der Waals surface area contributed by atoms with Crippen molar-refractivity contribution in [2.45, 2.75) is 52.1 Å². The molecule has 156 valence electrons. The van der Waals surface area contributed by atoms with Crippen LogP contribution in [-0.4, -0.2) is 54.2 Å². The van der Waals surface area contributed by atoms with Crippen molar-refractivity contribution < 1.29 is 22.7 Å². The summed E-state index contributed by atoms with van der Waals surface area (Å²) in [5.74, 6) is -0.903. The Bertz CT molecular complexity index is 859. The van der Waals surface area contributed by atoms with Crippen molar-refractivity contribution in [1.29, 1.82) is 0 Å². The van der Waals surface area contributed by atoms with Gasteiger partial charge < -0.3 is 10.1 Å². The van der Waals surface area contributed by atoms with E-state index < -0.39 is 15.8 Å². The molecule has 0 aliphatic carbocycles. The van der Waals surface area contributed by atoms with Crippen LogP contribution in [0.5, 0.6) is 0 Å². The fraction of sp³-hybridized carbons (Fsp3) is 0.611. The number of ether oxygens (including phenoxy) is 1. The third-order valence-corrected chi connectivity index (χ3v) is 6.83. The molecule has 1 aliphatic rings. The number of nitrogens with zero attached hydrogens (tertiary/aromatic N) is 2. The van der Waals surface area contributed by atoms with Crippen molar-refractivity contribution in [2.75, 3.05) is 18.1 Å². The van der Waals surface area contributed by atoms with Crippen molar-refractivity contribution in [3.8, 4) is 0 Å². The largest absolute Gasteiger partial charge is 0.452 e. The summed E-state index contributed by atoms with van der Waals surface area (Å²) in [4.78, 5) is 23.6. The fourth-order valence-corrected chi connectivity index (χ4v) is 5.10. The minimum atomic E-state index is -3.07. The summed E-state index contributed by atoms with van der Waals surface area (Å²) in [5, 5.41) is 7.37. The Hall–Kier alpha value is -1.87. The molecule has 0 radical (unpaired) electrons. The predicted molar refractivity (Wildman–Crippen MR) is 107 cm³/mol. The van der Waals surface area contributed by atoms with Crippen LogP contribution in [0.1, 0.15) is 50.4 Å². The summed E-state index contributed by atoms with van der Waals surface area (Å²) in [6.07, 6.45) is 4.71. The van der Waals surface area contributed by atoms with Crippen LogP contribution < -0.4 is 5.32 Å². The molecule has 1 aromatic rings. The molecule has 10 heteroatoms. The summed E-state index contributed by atoms with van der Waals surface area (Å²) in [6, 6.07) is -0.243. The Labute approximate surface area is 170 Å². The molecule has 0 aromatic carbocycles. The summed E-state index contributed by atoms with van der Waals surface area (Å²) in [7, 11) is -3.07. The Morgan fingerprint density at radius 3 is 2.64 bits per heavy atom. The van der Waals surface area contributed by atoms with Gasteiger partial charge in [-0.2, -0.15) is 5.10 Å². The molecule has 0 saturated carbocycles. The molecule has 0 spiro atoms. The lowest BCUT2D eigenvalue weighted by Crippen LogP contribution is -2.36. The molecule has 28 heavy (non-hydrogen) atoms. The van der Waals surface area contributed by atoms with Gasteiger partial charge in [0.2, 0.25) is 0 Å². The van der Waals surface area contributed by atoms with E-state index in [0.717, 1.165) is 12.8 Å². The van der Waals surface area contributed by atoms with E-state index in [1.807, 2.05) is 13.8 Å². The van der Waals surface area contributed by atoms with Crippen molar-refractivity contribution in [2.24, 2.45) is 0 Å². The minimum Gasteiger partial charge on any atom is -0.452 e. The molecule has 1 aliphatic heterocycles. The lowest BCUT2D eigenvalue weighted by molar-refractivity contribution is -0.144. The van der Waals surface area contributed by atoms with E-state index in [2.05, 4.69) is 10.4 Å². The van der Waals surface area contributed by atoms with E-state index in [1.54, 1.807) is 6.92 Å². The van der Waals surface area contributed by atoms with Crippen LogP contribution >= 0.6 is 11.6 Å². The Morgan fingerprint density at radius 1 is 1.39 bits per heavy atom. The smallest absolute Gasteiger partial charge is 0.331 e. The van der Waals surface area contributed by atoms with E-state index in [9.17, 15) is 18.0 Å². The number of nitrogens with one attached hydrogen (secondary N) is 1. The fourth-order valence-electron chi connectivity index (χ4n) is 3.03. The summed E-state index contributed by atoms with van der Waals surface area (Å²) >= 11 is 6.34. The second-order valence-corrected chi connectivity index (χ2v) is 9.40. The van der Waals surface area contributed by atoms with Crippen molar-refractivity contribution in [3.63, 3.8) is 0 Å². The summed E-state index contributed by atoms with van der Waals surface area (Å²) in [5.41, 5.74) is 1.09. The quantitative estimate of drug-likeness (QED) is 0.498. The van der Waals surface area contributed by atoms with Crippen LogP contribution in [0.4, 0.5) is 0 Å². The standard InChI is InChI=1S/C18H26ClN3O5S/c1-4-13(5-2)20-16(23)10-27-17(24)7-6-15-12(3)21-22(18(15)19)14-8-9-28(25,26)11-14/h6-7,13-14H,4-5,8-11H2,1-3H3,(H,20,23)/b7-6+/t14-/m0/s1. The van der Waals surface area contributed by atoms with Gasteiger partial charge in [-0.1, -0.05) is 25.4 Å². The van der Waals surface area contributed by atoms with Gasteiger partial charge in [-0.25, -0.2) is 17.9 Å². The predicted octanol–water partition coefficient (Wildman–Crippen LogP) is 2.07. The third-order valence-electron chi connectivity index (χ3n) is 4.71. The molecule has 1 N–H and O–H groups in total. The van der Waals surface area contributed by atoms with Gasteiger partial charge in [-0.3, -0.25) is 4.79 Å². The number of carbonyl (C=O) groups is 2. The number of rotatable bonds is 8. The number of aryl methyl sites for hydroxylation is 1. The molecule has 1 amide bonds. The van der Waals surface area contributed by atoms with Crippen LogP contribution in [0.3, 0.4) is 0 Å². The van der Waals surface area contributed by atoms with Crippen LogP contribution in [0.15, 0.2) is 6.08 Å². The van der Waals surface area contributed by atoms with E-state index >= 15 is 0 Å². The zero-order valence-corrected chi connectivity index (χ0v) is 17.8. The number of amides is 1. The Balaban J connectivity index is 1.96. The maximum absolute atomic E-state index is 11.9. The van der Waals surface area contributed by atoms with Crippen molar-refractivity contribution >= 4 is 39.4 Å². The topological polar surface area (TPSA) is 107 Å². The number of carbonyl (C=O) groups excluding carboxylic acids is 2. The molecule has 2 rings (SSSR count). The lowest BCUT2D eigenvalue weighted by Gasteiger charge is -2.14. The van der Waals surface area contributed by atoms with Gasteiger partial charge in [0.05, 0.1) is 23.2 Å². The van der Waals surface area contributed by atoms with Gasteiger partial charge in [-0.15, -0.1) is 0 Å². The molecular weight excluding hydrogens is 406 g/mol. The van der Waals surface area contributed by atoms with E-state index in [4.69, 9.17) is 16.3 Å². The highest BCUT2D eigenvalue weighted by Gasteiger charge is 2.31. The highest BCUT2D eigenvalue weighted by Crippen LogP contribution is 2.30. The number of sulfone groups is 1. The zero-order valence-electron chi connectivity index (χ0n) is 16.3. The number of esters is 1.